The molecule has 0 radical (unpaired) electrons. The van der Waals surface area contributed by atoms with Gasteiger partial charge in [-0.25, -0.2) is 4.98 Å². The fourth-order valence-corrected chi connectivity index (χ4v) is 4.53. The molecule has 6 nitrogen and oxygen atoms in total. The lowest BCUT2D eigenvalue weighted by Gasteiger charge is -2.26. The van der Waals surface area contributed by atoms with Crippen molar-refractivity contribution < 1.29 is 14.6 Å². The predicted octanol–water partition coefficient (Wildman–Crippen LogP) is 3.23. The first kappa shape index (κ1) is 17.6. The number of pyridine rings is 2. The Balaban J connectivity index is 1.78. The predicted molar refractivity (Wildman–Crippen MR) is 107 cm³/mol. The molecule has 28 heavy (non-hydrogen) atoms. The highest BCUT2D eigenvalue weighted by Crippen LogP contribution is 2.39. The molecule has 2 aliphatic rings. The van der Waals surface area contributed by atoms with Crippen LogP contribution in [0, 0.1) is 0 Å². The van der Waals surface area contributed by atoms with Crippen LogP contribution < -0.4 is 5.56 Å². The van der Waals surface area contributed by atoms with E-state index in [0.717, 1.165) is 26.6 Å². The molecule has 0 saturated carbocycles. The number of hydrogen-bond donors (Lipinski definition) is 1. The fourth-order valence-electron chi connectivity index (χ4n) is 4.15. The van der Waals surface area contributed by atoms with E-state index in [1.165, 1.54) is 0 Å². The summed E-state index contributed by atoms with van der Waals surface area (Å²) < 4.78 is 7.81. The third-order valence-electron chi connectivity index (χ3n) is 5.73. The Morgan fingerprint density at radius 2 is 2.11 bits per heavy atom. The van der Waals surface area contributed by atoms with Crippen LogP contribution in [-0.2, 0) is 28.3 Å². The van der Waals surface area contributed by atoms with E-state index in [0.29, 0.717) is 29.8 Å². The van der Waals surface area contributed by atoms with Gasteiger partial charge in [0.05, 0.1) is 35.4 Å². The lowest BCUT2D eigenvalue weighted by Crippen LogP contribution is -2.32. The standard InChI is InChI=1S/C21H17BrN2O4/c1-2-21(27)8-18(25)28-10-14-15(21)7-17-19-12(9-24(17)20(14)26)5-11-6-13(22)3-4-16(11)23-19/h3-7,27H,2,8-10H2,1H3. The van der Waals surface area contributed by atoms with E-state index in [4.69, 9.17) is 9.72 Å². The number of aliphatic hydroxyl groups is 1. The summed E-state index contributed by atoms with van der Waals surface area (Å²) in [6.07, 6.45) is 0.148. The highest BCUT2D eigenvalue weighted by molar-refractivity contribution is 9.10. The molecule has 7 heteroatoms. The number of carbonyl (C=O) groups is 1. The van der Waals surface area contributed by atoms with Gasteiger partial charge in [0.1, 0.15) is 12.2 Å². The van der Waals surface area contributed by atoms with Crippen LogP contribution in [0.2, 0.25) is 0 Å². The Hall–Kier alpha value is -2.51. The maximum Gasteiger partial charge on any atom is 0.309 e. The number of carbonyl (C=O) groups excluding carboxylic acids is 1. The molecule has 1 unspecified atom stereocenters. The number of benzene rings is 1. The van der Waals surface area contributed by atoms with Crippen LogP contribution in [0.25, 0.3) is 22.3 Å². The summed E-state index contributed by atoms with van der Waals surface area (Å²) in [5.74, 6) is -0.500. The second-order valence-electron chi connectivity index (χ2n) is 7.37. The molecule has 1 N–H and O–H groups in total. The van der Waals surface area contributed by atoms with Crippen LogP contribution in [0.15, 0.2) is 39.6 Å². The van der Waals surface area contributed by atoms with E-state index in [1.54, 1.807) is 11.5 Å². The highest BCUT2D eigenvalue weighted by atomic mass is 79.9. The lowest BCUT2D eigenvalue weighted by molar-refractivity contribution is -0.149. The average molecular weight is 441 g/mol. The molecule has 0 aliphatic carbocycles. The van der Waals surface area contributed by atoms with E-state index >= 15 is 0 Å². The number of rotatable bonds is 1. The van der Waals surface area contributed by atoms with Gasteiger partial charge in [0, 0.05) is 15.4 Å². The van der Waals surface area contributed by atoms with E-state index < -0.39 is 11.6 Å². The second kappa shape index (κ2) is 5.99. The second-order valence-corrected chi connectivity index (χ2v) is 8.28. The van der Waals surface area contributed by atoms with E-state index in [-0.39, 0.29) is 18.6 Å². The van der Waals surface area contributed by atoms with Gasteiger partial charge in [-0.1, -0.05) is 22.9 Å². The minimum atomic E-state index is -1.41. The zero-order valence-corrected chi connectivity index (χ0v) is 16.7. The molecule has 4 heterocycles. The van der Waals surface area contributed by atoms with Gasteiger partial charge >= 0.3 is 5.97 Å². The Bertz CT molecular complexity index is 1230. The minimum absolute atomic E-state index is 0.117. The van der Waals surface area contributed by atoms with Crippen molar-refractivity contribution in [2.45, 2.75) is 38.5 Å². The zero-order chi connectivity index (χ0) is 19.6. The minimum Gasteiger partial charge on any atom is -0.460 e. The quantitative estimate of drug-likeness (QED) is 0.459. The van der Waals surface area contributed by atoms with Gasteiger partial charge in [0.25, 0.3) is 5.56 Å². The van der Waals surface area contributed by atoms with E-state index in [2.05, 4.69) is 15.9 Å². The number of hydrogen-bond acceptors (Lipinski definition) is 5. The number of esters is 1. The fraction of sp³-hybridized carbons (Fsp3) is 0.286. The highest BCUT2D eigenvalue weighted by Gasteiger charge is 2.39. The molecule has 0 spiro atoms. The molecule has 5 rings (SSSR count). The summed E-state index contributed by atoms with van der Waals surface area (Å²) in [5, 5.41) is 12.1. The molecule has 2 aromatic heterocycles. The van der Waals surface area contributed by atoms with Crippen molar-refractivity contribution in [3.63, 3.8) is 0 Å². The Morgan fingerprint density at radius 3 is 2.89 bits per heavy atom. The topological polar surface area (TPSA) is 81.4 Å². The van der Waals surface area contributed by atoms with E-state index in [1.807, 2.05) is 30.3 Å². The van der Waals surface area contributed by atoms with Gasteiger partial charge in [-0.2, -0.15) is 0 Å². The van der Waals surface area contributed by atoms with Crippen molar-refractivity contribution in [3.05, 3.63) is 61.8 Å². The van der Waals surface area contributed by atoms with Crippen LogP contribution in [-0.4, -0.2) is 20.6 Å². The first-order valence-corrected chi connectivity index (χ1v) is 9.93. The Morgan fingerprint density at radius 1 is 1.29 bits per heavy atom. The van der Waals surface area contributed by atoms with Crippen LogP contribution in [0.3, 0.4) is 0 Å². The summed E-state index contributed by atoms with van der Waals surface area (Å²) >= 11 is 3.48. The number of aromatic nitrogens is 2. The first-order valence-electron chi connectivity index (χ1n) is 9.14. The third kappa shape index (κ3) is 2.46. The van der Waals surface area contributed by atoms with Crippen LogP contribution >= 0.6 is 15.9 Å². The Kier molecular flexibility index (Phi) is 3.76. The average Bonchev–Trinajstić information content (AvgIpc) is 2.96. The summed E-state index contributed by atoms with van der Waals surface area (Å²) in [6.45, 7) is 2.09. The normalized spacial score (nSPS) is 20.3. The van der Waals surface area contributed by atoms with Crippen molar-refractivity contribution >= 4 is 32.8 Å². The zero-order valence-electron chi connectivity index (χ0n) is 15.2. The Labute approximate surface area is 168 Å². The van der Waals surface area contributed by atoms with Crippen molar-refractivity contribution in [2.75, 3.05) is 0 Å². The maximum absolute atomic E-state index is 13.2. The smallest absolute Gasteiger partial charge is 0.309 e. The van der Waals surface area contributed by atoms with Gasteiger partial charge < -0.3 is 14.4 Å². The molecular formula is C21H17BrN2O4. The van der Waals surface area contributed by atoms with Gasteiger partial charge in [-0.3, -0.25) is 9.59 Å². The van der Waals surface area contributed by atoms with Gasteiger partial charge in [0.2, 0.25) is 0 Å². The van der Waals surface area contributed by atoms with Gasteiger partial charge in [0.15, 0.2) is 0 Å². The number of fused-ring (bicyclic) bond motifs is 5. The number of nitrogens with zero attached hydrogens (tertiary/aromatic N) is 2. The molecule has 142 valence electrons. The van der Waals surface area contributed by atoms with Crippen molar-refractivity contribution in [2.24, 2.45) is 0 Å². The molecule has 0 saturated heterocycles. The molecule has 3 aromatic rings. The third-order valence-corrected chi connectivity index (χ3v) is 6.22. The molecule has 0 amide bonds. The number of halogens is 1. The molecule has 0 fully saturated rings. The largest absolute Gasteiger partial charge is 0.460 e. The molecule has 1 aromatic carbocycles. The first-order chi connectivity index (χ1) is 13.4. The van der Waals surface area contributed by atoms with Crippen molar-refractivity contribution in [1.82, 2.24) is 9.55 Å². The van der Waals surface area contributed by atoms with Gasteiger partial charge in [-0.15, -0.1) is 0 Å². The maximum atomic E-state index is 13.2. The summed E-state index contributed by atoms with van der Waals surface area (Å²) in [4.78, 5) is 29.9. The van der Waals surface area contributed by atoms with Crippen LogP contribution in [0.4, 0.5) is 0 Å². The van der Waals surface area contributed by atoms with Crippen LogP contribution in [0.5, 0.6) is 0 Å². The lowest BCUT2D eigenvalue weighted by atomic mass is 9.85. The molecule has 1 atom stereocenters. The molecule has 0 bridgehead atoms. The van der Waals surface area contributed by atoms with Crippen molar-refractivity contribution in [1.29, 1.82) is 0 Å². The van der Waals surface area contributed by atoms with Crippen LogP contribution in [0.1, 0.15) is 36.5 Å². The SMILES string of the molecule is CCC1(O)CC(=O)OCc2c1cc1n(c2=O)Cc2cc3cc(Br)ccc3nc2-1. The van der Waals surface area contributed by atoms with Gasteiger partial charge in [-0.05, 0) is 42.3 Å². The van der Waals surface area contributed by atoms with E-state index in [9.17, 15) is 14.7 Å². The summed E-state index contributed by atoms with van der Waals surface area (Å²) in [6, 6.07) is 9.72. The number of ether oxygens (including phenoxy) is 1. The molecular weight excluding hydrogens is 424 g/mol. The molecule has 2 aliphatic heterocycles. The van der Waals surface area contributed by atoms with Crippen molar-refractivity contribution in [3.8, 4) is 11.4 Å². The summed E-state index contributed by atoms with van der Waals surface area (Å²) in [7, 11) is 0. The summed E-state index contributed by atoms with van der Waals surface area (Å²) in [5.41, 5.74) is 2.37. The number of cyclic esters (lactones) is 1. The monoisotopic (exact) mass is 440 g/mol.